The van der Waals surface area contributed by atoms with Gasteiger partial charge in [-0.1, -0.05) is 34.8 Å². The third kappa shape index (κ3) is 5.23. The number of hydrogen-bond donors (Lipinski definition) is 1. The minimum atomic E-state index is -0.187. The van der Waals surface area contributed by atoms with Crippen LogP contribution in [0.2, 0.25) is 15.1 Å². The second-order valence-corrected chi connectivity index (χ2v) is 7.81. The smallest absolute Gasteiger partial charge is 0.238 e. The van der Waals surface area contributed by atoms with Crippen molar-refractivity contribution >= 4 is 52.2 Å². The SMILES string of the molecule is CN(CC(=O)Nc1c(Cl)cc(Cl)cc1Cl)CC1CCCN1c1cccnn1. The van der Waals surface area contributed by atoms with Gasteiger partial charge in [0.05, 0.1) is 22.3 Å². The van der Waals surface area contributed by atoms with Crippen LogP contribution in [0.15, 0.2) is 30.5 Å². The summed E-state index contributed by atoms with van der Waals surface area (Å²) in [5.74, 6) is 0.685. The number of carbonyl (C=O) groups excluding carboxylic acids is 1. The molecule has 0 bridgehead atoms. The van der Waals surface area contributed by atoms with Crippen LogP contribution in [0.4, 0.5) is 11.5 Å². The molecule has 6 nitrogen and oxygen atoms in total. The van der Waals surface area contributed by atoms with Crippen molar-refractivity contribution in [2.75, 3.05) is 36.9 Å². The molecule has 1 aromatic heterocycles. The van der Waals surface area contributed by atoms with E-state index in [0.29, 0.717) is 26.8 Å². The van der Waals surface area contributed by atoms with E-state index in [2.05, 4.69) is 20.4 Å². The molecule has 0 saturated carbocycles. The van der Waals surface area contributed by atoms with Gasteiger partial charge in [0.1, 0.15) is 0 Å². The van der Waals surface area contributed by atoms with Crippen LogP contribution in [0.25, 0.3) is 0 Å². The van der Waals surface area contributed by atoms with Gasteiger partial charge in [-0.2, -0.15) is 5.10 Å². The molecule has 1 aromatic carbocycles. The number of hydrogen-bond acceptors (Lipinski definition) is 5. The van der Waals surface area contributed by atoms with Crippen molar-refractivity contribution in [2.24, 2.45) is 0 Å². The maximum absolute atomic E-state index is 12.4. The van der Waals surface area contributed by atoms with Gasteiger partial charge in [-0.15, -0.1) is 5.10 Å². The van der Waals surface area contributed by atoms with E-state index in [1.807, 2.05) is 24.1 Å². The predicted molar refractivity (Wildman–Crippen MR) is 110 cm³/mol. The summed E-state index contributed by atoms with van der Waals surface area (Å²) >= 11 is 18.1. The molecular formula is C18H20Cl3N5O. The molecule has 27 heavy (non-hydrogen) atoms. The van der Waals surface area contributed by atoms with Crippen LogP contribution >= 0.6 is 34.8 Å². The van der Waals surface area contributed by atoms with Gasteiger partial charge in [-0.05, 0) is 44.2 Å². The zero-order valence-electron chi connectivity index (χ0n) is 14.8. The molecule has 1 unspecified atom stereocenters. The first kappa shape index (κ1) is 20.1. The van der Waals surface area contributed by atoms with Gasteiger partial charge >= 0.3 is 0 Å². The molecule has 2 aromatic rings. The zero-order chi connectivity index (χ0) is 19.4. The number of rotatable bonds is 6. The molecule has 1 saturated heterocycles. The number of likely N-dealkylation sites (N-methyl/N-ethyl adjacent to an activating group) is 1. The van der Waals surface area contributed by atoms with Crippen molar-refractivity contribution in [3.63, 3.8) is 0 Å². The van der Waals surface area contributed by atoms with Gasteiger partial charge in [0, 0.05) is 30.4 Å². The fourth-order valence-corrected chi connectivity index (χ4v) is 4.20. The lowest BCUT2D eigenvalue weighted by molar-refractivity contribution is -0.117. The van der Waals surface area contributed by atoms with Crippen molar-refractivity contribution in [1.29, 1.82) is 0 Å². The first-order valence-electron chi connectivity index (χ1n) is 8.61. The Morgan fingerprint density at radius 1 is 1.33 bits per heavy atom. The highest BCUT2D eigenvalue weighted by Crippen LogP contribution is 2.33. The number of aromatic nitrogens is 2. The fraction of sp³-hybridized carbons (Fsp3) is 0.389. The summed E-state index contributed by atoms with van der Waals surface area (Å²) in [7, 11) is 1.91. The minimum absolute atomic E-state index is 0.187. The largest absolute Gasteiger partial charge is 0.351 e. The van der Waals surface area contributed by atoms with Crippen LogP contribution in [0.1, 0.15) is 12.8 Å². The lowest BCUT2D eigenvalue weighted by Crippen LogP contribution is -2.42. The summed E-state index contributed by atoms with van der Waals surface area (Å²) in [6.07, 6.45) is 3.81. The molecule has 2 heterocycles. The van der Waals surface area contributed by atoms with Gasteiger partial charge < -0.3 is 10.2 Å². The Balaban J connectivity index is 1.57. The van der Waals surface area contributed by atoms with Crippen LogP contribution in [0.5, 0.6) is 0 Å². The Kier molecular flexibility index (Phi) is 6.76. The summed E-state index contributed by atoms with van der Waals surface area (Å²) in [5, 5.41) is 12.0. The average molecular weight is 429 g/mol. The van der Waals surface area contributed by atoms with E-state index >= 15 is 0 Å². The quantitative estimate of drug-likeness (QED) is 0.754. The van der Waals surface area contributed by atoms with E-state index in [-0.39, 0.29) is 12.5 Å². The summed E-state index contributed by atoms with van der Waals surface area (Å²) in [6.45, 7) is 1.91. The van der Waals surface area contributed by atoms with Crippen LogP contribution < -0.4 is 10.2 Å². The van der Waals surface area contributed by atoms with Gasteiger partial charge in [0.25, 0.3) is 0 Å². The summed E-state index contributed by atoms with van der Waals surface area (Å²) < 4.78 is 0. The van der Waals surface area contributed by atoms with Crippen molar-refractivity contribution in [2.45, 2.75) is 18.9 Å². The minimum Gasteiger partial charge on any atom is -0.351 e. The van der Waals surface area contributed by atoms with Crippen molar-refractivity contribution in [3.8, 4) is 0 Å². The molecule has 0 spiro atoms. The van der Waals surface area contributed by atoms with Crippen molar-refractivity contribution < 1.29 is 4.79 Å². The Morgan fingerprint density at radius 3 is 2.74 bits per heavy atom. The van der Waals surface area contributed by atoms with Gasteiger partial charge in [-0.25, -0.2) is 0 Å². The van der Waals surface area contributed by atoms with E-state index in [1.165, 1.54) is 0 Å². The van der Waals surface area contributed by atoms with Crippen molar-refractivity contribution in [3.05, 3.63) is 45.5 Å². The number of benzene rings is 1. The highest BCUT2D eigenvalue weighted by Gasteiger charge is 2.27. The van der Waals surface area contributed by atoms with Gasteiger partial charge in [0.15, 0.2) is 5.82 Å². The molecular weight excluding hydrogens is 409 g/mol. The highest BCUT2D eigenvalue weighted by atomic mass is 35.5. The third-order valence-electron chi connectivity index (χ3n) is 4.44. The summed E-state index contributed by atoms with van der Waals surface area (Å²) in [5.41, 5.74) is 0.378. The normalized spacial score (nSPS) is 16.8. The average Bonchev–Trinajstić information content (AvgIpc) is 3.06. The Morgan fingerprint density at radius 2 is 2.07 bits per heavy atom. The molecule has 9 heteroatoms. The van der Waals surface area contributed by atoms with E-state index in [4.69, 9.17) is 34.8 Å². The third-order valence-corrected chi connectivity index (χ3v) is 5.25. The number of nitrogens with zero attached hydrogens (tertiary/aromatic N) is 4. The van der Waals surface area contributed by atoms with Crippen molar-refractivity contribution in [1.82, 2.24) is 15.1 Å². The molecule has 1 atom stereocenters. The van der Waals surface area contributed by atoms with E-state index in [9.17, 15) is 4.79 Å². The summed E-state index contributed by atoms with van der Waals surface area (Å²) in [4.78, 5) is 16.6. The van der Waals surface area contributed by atoms with Crippen LogP contribution in [-0.4, -0.2) is 53.7 Å². The molecule has 1 amide bonds. The number of amides is 1. The van der Waals surface area contributed by atoms with Crippen LogP contribution in [-0.2, 0) is 4.79 Å². The van der Waals surface area contributed by atoms with E-state index in [0.717, 1.165) is 31.7 Å². The molecule has 0 aliphatic carbocycles. The monoisotopic (exact) mass is 427 g/mol. The maximum atomic E-state index is 12.4. The Labute approximate surface area is 173 Å². The molecule has 1 aliphatic rings. The van der Waals surface area contributed by atoms with E-state index < -0.39 is 0 Å². The first-order chi connectivity index (χ1) is 12.9. The number of nitrogens with one attached hydrogen (secondary N) is 1. The lowest BCUT2D eigenvalue weighted by atomic mass is 10.2. The second-order valence-electron chi connectivity index (χ2n) is 6.56. The predicted octanol–water partition coefficient (Wildman–Crippen LogP) is 3.98. The van der Waals surface area contributed by atoms with E-state index in [1.54, 1.807) is 18.3 Å². The lowest BCUT2D eigenvalue weighted by Gasteiger charge is -2.29. The van der Waals surface area contributed by atoms with Gasteiger partial charge in [-0.3, -0.25) is 9.69 Å². The standard InChI is InChI=1S/C18H20Cl3N5O/c1-25(10-13-4-3-7-26(13)16-5-2-6-22-24-16)11-17(27)23-18-14(20)8-12(19)9-15(18)21/h2,5-6,8-9,13H,3-4,7,10-11H2,1H3,(H,23,27). The Bertz CT molecular complexity index is 782. The maximum Gasteiger partial charge on any atom is 0.238 e. The number of anilines is 2. The molecule has 1 N–H and O–H groups in total. The summed E-state index contributed by atoms with van der Waals surface area (Å²) in [6, 6.07) is 7.23. The zero-order valence-corrected chi connectivity index (χ0v) is 17.1. The second kappa shape index (κ2) is 9.06. The highest BCUT2D eigenvalue weighted by molar-refractivity contribution is 6.42. The molecule has 1 fully saturated rings. The van der Waals surface area contributed by atoms with Crippen LogP contribution in [0.3, 0.4) is 0 Å². The van der Waals surface area contributed by atoms with Gasteiger partial charge in [0.2, 0.25) is 5.91 Å². The molecule has 0 radical (unpaired) electrons. The number of halogens is 3. The Hall–Kier alpha value is -1.60. The molecule has 1 aliphatic heterocycles. The number of carbonyl (C=O) groups is 1. The molecule has 144 valence electrons. The van der Waals surface area contributed by atoms with Crippen LogP contribution in [0, 0.1) is 0 Å². The molecule has 3 rings (SSSR count). The topological polar surface area (TPSA) is 61.4 Å². The fourth-order valence-electron chi connectivity index (χ4n) is 3.28. The first-order valence-corrected chi connectivity index (χ1v) is 9.74.